The van der Waals surface area contributed by atoms with Crippen LogP contribution in [0.5, 0.6) is 0 Å². The molecular weight excluding hydrogens is 274 g/mol. The maximum atomic E-state index is 12.3. The van der Waals surface area contributed by atoms with Gasteiger partial charge in [0.1, 0.15) is 0 Å². The van der Waals surface area contributed by atoms with Crippen LogP contribution in [0, 0.1) is 33.1 Å². The molecule has 0 aromatic heterocycles. The van der Waals surface area contributed by atoms with Crippen LogP contribution in [0.1, 0.15) is 16.7 Å². The number of aryl methyl sites for hydroxylation is 3. The molecule has 1 heterocycles. The Bertz CT molecular complexity index is 557. The van der Waals surface area contributed by atoms with Crippen LogP contribution in [0.3, 0.4) is 0 Å². The van der Waals surface area contributed by atoms with E-state index in [2.05, 4.69) is 40.1 Å². The molecule has 1 N–H and O–H groups in total. The van der Waals surface area contributed by atoms with Gasteiger partial charge in [0.05, 0.1) is 13.1 Å². The van der Waals surface area contributed by atoms with Crippen LogP contribution in [-0.2, 0) is 4.79 Å². The highest BCUT2D eigenvalue weighted by molar-refractivity contribution is 5.93. The highest BCUT2D eigenvalue weighted by atomic mass is 16.2. The van der Waals surface area contributed by atoms with E-state index in [-0.39, 0.29) is 5.91 Å². The van der Waals surface area contributed by atoms with Gasteiger partial charge in [-0.2, -0.15) is 0 Å². The fourth-order valence-corrected chi connectivity index (χ4v) is 2.99. The van der Waals surface area contributed by atoms with Gasteiger partial charge in [-0.15, -0.1) is 6.42 Å². The summed E-state index contributed by atoms with van der Waals surface area (Å²) in [4.78, 5) is 16.7. The first kappa shape index (κ1) is 16.5. The quantitative estimate of drug-likeness (QED) is 0.861. The number of hydrogen-bond donors (Lipinski definition) is 1. The minimum atomic E-state index is 0.0560. The topological polar surface area (TPSA) is 35.6 Å². The average molecular weight is 299 g/mol. The van der Waals surface area contributed by atoms with Crippen LogP contribution in [0.2, 0.25) is 0 Å². The molecule has 118 valence electrons. The fourth-order valence-electron chi connectivity index (χ4n) is 2.99. The molecule has 2 rings (SSSR count). The molecule has 0 unspecified atom stereocenters. The molecule has 1 aromatic rings. The second kappa shape index (κ2) is 7.44. The summed E-state index contributed by atoms with van der Waals surface area (Å²) in [7, 11) is 0. The molecule has 0 bridgehead atoms. The van der Waals surface area contributed by atoms with Crippen LogP contribution in [-0.4, -0.2) is 55.0 Å². The molecule has 1 fully saturated rings. The third-order valence-corrected chi connectivity index (χ3v) is 4.09. The smallest absolute Gasteiger partial charge is 0.238 e. The zero-order valence-corrected chi connectivity index (χ0v) is 13.8. The number of nitrogens with zero attached hydrogens (tertiary/aromatic N) is 2. The van der Waals surface area contributed by atoms with E-state index in [9.17, 15) is 4.79 Å². The molecule has 1 amide bonds. The number of anilines is 1. The number of amides is 1. The zero-order valence-electron chi connectivity index (χ0n) is 13.8. The van der Waals surface area contributed by atoms with Gasteiger partial charge in [-0.3, -0.25) is 14.6 Å². The van der Waals surface area contributed by atoms with E-state index < -0.39 is 0 Å². The zero-order chi connectivity index (χ0) is 16.1. The van der Waals surface area contributed by atoms with Crippen molar-refractivity contribution in [3.8, 4) is 12.3 Å². The van der Waals surface area contributed by atoms with Gasteiger partial charge in [0.2, 0.25) is 5.91 Å². The highest BCUT2D eigenvalue weighted by Crippen LogP contribution is 2.21. The van der Waals surface area contributed by atoms with Gasteiger partial charge in [-0.25, -0.2) is 0 Å². The maximum Gasteiger partial charge on any atom is 0.238 e. The molecule has 0 atom stereocenters. The Hall–Kier alpha value is -1.83. The second-order valence-electron chi connectivity index (χ2n) is 6.08. The van der Waals surface area contributed by atoms with Gasteiger partial charge in [0.25, 0.3) is 0 Å². The van der Waals surface area contributed by atoms with E-state index >= 15 is 0 Å². The van der Waals surface area contributed by atoms with Crippen molar-refractivity contribution in [2.45, 2.75) is 20.8 Å². The summed E-state index contributed by atoms with van der Waals surface area (Å²) in [5.74, 6) is 2.73. The van der Waals surface area contributed by atoms with Crippen LogP contribution in [0.25, 0.3) is 0 Å². The lowest BCUT2D eigenvalue weighted by Crippen LogP contribution is -2.48. The summed E-state index contributed by atoms with van der Waals surface area (Å²) < 4.78 is 0. The minimum absolute atomic E-state index is 0.0560. The predicted molar refractivity (Wildman–Crippen MR) is 91.0 cm³/mol. The molecule has 1 aromatic carbocycles. The molecule has 4 nitrogen and oxygen atoms in total. The van der Waals surface area contributed by atoms with Crippen LogP contribution < -0.4 is 5.32 Å². The Labute approximate surface area is 133 Å². The molecule has 1 saturated heterocycles. The molecule has 0 radical (unpaired) electrons. The van der Waals surface area contributed by atoms with E-state index in [0.29, 0.717) is 13.1 Å². The first-order chi connectivity index (χ1) is 10.5. The van der Waals surface area contributed by atoms with Gasteiger partial charge >= 0.3 is 0 Å². The molecule has 4 heteroatoms. The highest BCUT2D eigenvalue weighted by Gasteiger charge is 2.18. The Morgan fingerprint density at radius 2 is 1.68 bits per heavy atom. The Balaban J connectivity index is 1.88. The number of piperazine rings is 1. The molecule has 1 aliphatic heterocycles. The maximum absolute atomic E-state index is 12.3. The van der Waals surface area contributed by atoms with Crippen molar-refractivity contribution in [1.82, 2.24) is 9.80 Å². The third-order valence-electron chi connectivity index (χ3n) is 4.09. The first-order valence-electron chi connectivity index (χ1n) is 7.75. The van der Waals surface area contributed by atoms with Crippen molar-refractivity contribution in [3.05, 3.63) is 28.8 Å². The minimum Gasteiger partial charge on any atom is -0.324 e. The molecule has 22 heavy (non-hydrogen) atoms. The van der Waals surface area contributed by atoms with Crippen LogP contribution >= 0.6 is 0 Å². The Kier molecular flexibility index (Phi) is 5.59. The van der Waals surface area contributed by atoms with E-state index in [1.54, 1.807) is 0 Å². The summed E-state index contributed by atoms with van der Waals surface area (Å²) in [6, 6.07) is 4.20. The monoisotopic (exact) mass is 299 g/mol. The standard InChI is InChI=1S/C18H25N3O/c1-5-6-20-7-9-21(10-8-20)13-17(22)19-18-15(3)11-14(2)12-16(18)4/h1,11-12H,6-10,13H2,2-4H3,(H,19,22). The molecule has 0 saturated carbocycles. The molecule has 1 aliphatic rings. The third kappa shape index (κ3) is 4.33. The van der Waals surface area contributed by atoms with E-state index in [1.165, 1.54) is 5.56 Å². The summed E-state index contributed by atoms with van der Waals surface area (Å²) in [6.07, 6.45) is 5.33. The number of rotatable bonds is 4. The SMILES string of the molecule is C#CCN1CCN(CC(=O)Nc2c(C)cc(C)cc2C)CC1. The van der Waals surface area contributed by atoms with Crippen molar-refractivity contribution in [1.29, 1.82) is 0 Å². The van der Waals surface area contributed by atoms with Crippen molar-refractivity contribution in [2.75, 3.05) is 44.6 Å². The normalized spacial score (nSPS) is 16.3. The summed E-state index contributed by atoms with van der Waals surface area (Å²) in [5.41, 5.74) is 4.40. The van der Waals surface area contributed by atoms with Gasteiger partial charge in [-0.05, 0) is 31.9 Å². The van der Waals surface area contributed by atoms with E-state index in [4.69, 9.17) is 6.42 Å². The average Bonchev–Trinajstić information content (AvgIpc) is 2.45. The van der Waals surface area contributed by atoms with Crippen molar-refractivity contribution in [2.24, 2.45) is 0 Å². The molecule has 0 spiro atoms. The summed E-state index contributed by atoms with van der Waals surface area (Å²) in [6.45, 7) is 10.9. The predicted octanol–water partition coefficient (Wildman–Crippen LogP) is 1.80. The summed E-state index contributed by atoms with van der Waals surface area (Å²) >= 11 is 0. The number of nitrogens with one attached hydrogen (secondary N) is 1. The van der Waals surface area contributed by atoms with Gasteiger partial charge in [-0.1, -0.05) is 23.6 Å². The van der Waals surface area contributed by atoms with Crippen molar-refractivity contribution in [3.63, 3.8) is 0 Å². The van der Waals surface area contributed by atoms with Crippen molar-refractivity contribution < 1.29 is 4.79 Å². The fraction of sp³-hybridized carbons (Fsp3) is 0.500. The number of terminal acetylenes is 1. The largest absolute Gasteiger partial charge is 0.324 e. The number of carbonyl (C=O) groups excluding carboxylic acids is 1. The van der Waals surface area contributed by atoms with Gasteiger partial charge in [0, 0.05) is 31.9 Å². The van der Waals surface area contributed by atoms with Gasteiger partial charge < -0.3 is 5.32 Å². The molecular formula is C18H25N3O. The Morgan fingerprint density at radius 3 is 2.23 bits per heavy atom. The number of benzene rings is 1. The lowest BCUT2D eigenvalue weighted by Gasteiger charge is -2.33. The second-order valence-corrected chi connectivity index (χ2v) is 6.08. The summed E-state index contributed by atoms with van der Waals surface area (Å²) in [5, 5.41) is 3.06. The first-order valence-corrected chi connectivity index (χ1v) is 7.75. The van der Waals surface area contributed by atoms with Crippen molar-refractivity contribution >= 4 is 11.6 Å². The van der Waals surface area contributed by atoms with Gasteiger partial charge in [0.15, 0.2) is 0 Å². The van der Waals surface area contributed by atoms with E-state index in [1.807, 2.05) is 13.8 Å². The van der Waals surface area contributed by atoms with Crippen LogP contribution in [0.4, 0.5) is 5.69 Å². The van der Waals surface area contributed by atoms with Crippen LogP contribution in [0.15, 0.2) is 12.1 Å². The number of carbonyl (C=O) groups is 1. The van der Waals surface area contributed by atoms with E-state index in [0.717, 1.165) is 43.0 Å². The number of hydrogen-bond acceptors (Lipinski definition) is 3. The molecule has 0 aliphatic carbocycles. The lowest BCUT2D eigenvalue weighted by molar-refractivity contribution is -0.117. The lowest BCUT2D eigenvalue weighted by atomic mass is 10.1. The Morgan fingerprint density at radius 1 is 1.14 bits per heavy atom.